The quantitative estimate of drug-likeness (QED) is 0.629. The zero-order chi connectivity index (χ0) is 22.0. The Balaban J connectivity index is 1.53. The lowest BCUT2D eigenvalue weighted by Crippen LogP contribution is -2.54. The van der Waals surface area contributed by atoms with Gasteiger partial charge in [0, 0.05) is 42.6 Å². The van der Waals surface area contributed by atoms with Crippen molar-refractivity contribution < 1.29 is 4.79 Å². The molecule has 2 N–H and O–H groups in total. The average molecular weight is 436 g/mol. The molecular formula is C24H26ClN5O. The van der Waals surface area contributed by atoms with Crippen molar-refractivity contribution in [2.75, 3.05) is 23.3 Å². The number of aromatic nitrogens is 2. The third kappa shape index (κ3) is 4.86. The molecule has 0 saturated carbocycles. The van der Waals surface area contributed by atoms with Crippen molar-refractivity contribution in [1.82, 2.24) is 15.3 Å². The number of rotatable bonds is 4. The van der Waals surface area contributed by atoms with E-state index >= 15 is 0 Å². The summed E-state index contributed by atoms with van der Waals surface area (Å²) in [5.74, 6) is 0.700. The number of anilines is 2. The van der Waals surface area contributed by atoms with Crippen LogP contribution in [0.5, 0.6) is 0 Å². The van der Waals surface area contributed by atoms with Crippen molar-refractivity contribution >= 4 is 29.0 Å². The molecule has 1 aromatic carbocycles. The molecule has 0 spiro atoms. The minimum atomic E-state index is -0.201. The first-order valence-corrected chi connectivity index (χ1v) is 10.8. The van der Waals surface area contributed by atoms with Gasteiger partial charge < -0.3 is 15.5 Å². The maximum absolute atomic E-state index is 12.9. The first kappa shape index (κ1) is 21.3. The van der Waals surface area contributed by atoms with E-state index in [0.29, 0.717) is 34.1 Å². The van der Waals surface area contributed by atoms with Gasteiger partial charge in [-0.3, -0.25) is 9.78 Å². The van der Waals surface area contributed by atoms with Crippen molar-refractivity contribution in [1.29, 1.82) is 0 Å². The minimum absolute atomic E-state index is 0.201. The highest BCUT2D eigenvalue weighted by molar-refractivity contribution is 6.33. The predicted octanol–water partition coefficient (Wildman–Crippen LogP) is 4.54. The van der Waals surface area contributed by atoms with E-state index in [1.165, 1.54) is 0 Å². The van der Waals surface area contributed by atoms with Crippen LogP contribution in [0.1, 0.15) is 29.9 Å². The topological polar surface area (TPSA) is 70.2 Å². The van der Waals surface area contributed by atoms with Crippen molar-refractivity contribution in [3.8, 4) is 11.3 Å². The Labute approximate surface area is 187 Å². The number of aryl methyl sites for hydroxylation is 1. The van der Waals surface area contributed by atoms with Crippen LogP contribution in [0.15, 0.2) is 54.7 Å². The van der Waals surface area contributed by atoms with Crippen LogP contribution in [0.3, 0.4) is 0 Å². The Morgan fingerprint density at radius 2 is 1.90 bits per heavy atom. The SMILES string of the molecule is Cc1nc(N2CC(C)N[C@H](C)C2)ccc1C(=O)Nc1ccc(Cl)c(-c2ccccn2)c1. The van der Waals surface area contributed by atoms with Gasteiger partial charge >= 0.3 is 0 Å². The number of carbonyl (C=O) groups excluding carboxylic acids is 1. The molecule has 0 aliphatic carbocycles. The molecule has 7 heteroatoms. The summed E-state index contributed by atoms with van der Waals surface area (Å²) in [5.41, 5.74) is 3.43. The number of amides is 1. The minimum Gasteiger partial charge on any atom is -0.354 e. The summed E-state index contributed by atoms with van der Waals surface area (Å²) in [6.07, 6.45) is 1.72. The van der Waals surface area contributed by atoms with Crippen LogP contribution in [0.2, 0.25) is 5.02 Å². The molecule has 1 unspecified atom stereocenters. The Kier molecular flexibility index (Phi) is 6.20. The molecule has 1 aliphatic rings. The molecule has 1 saturated heterocycles. The van der Waals surface area contributed by atoms with E-state index in [2.05, 4.69) is 34.4 Å². The zero-order valence-corrected chi connectivity index (χ0v) is 18.6. The molecule has 0 radical (unpaired) electrons. The van der Waals surface area contributed by atoms with Gasteiger partial charge in [0.05, 0.1) is 22.0 Å². The average Bonchev–Trinajstić information content (AvgIpc) is 2.75. The monoisotopic (exact) mass is 435 g/mol. The van der Waals surface area contributed by atoms with E-state index in [4.69, 9.17) is 16.6 Å². The van der Waals surface area contributed by atoms with Crippen molar-refractivity contribution in [3.63, 3.8) is 0 Å². The summed E-state index contributed by atoms with van der Waals surface area (Å²) < 4.78 is 0. The Hall–Kier alpha value is -2.96. The second-order valence-electron chi connectivity index (χ2n) is 8.04. The first-order valence-electron chi connectivity index (χ1n) is 10.4. The summed E-state index contributed by atoms with van der Waals surface area (Å²) in [7, 11) is 0. The van der Waals surface area contributed by atoms with E-state index < -0.39 is 0 Å². The molecule has 1 amide bonds. The number of nitrogens with zero attached hydrogens (tertiary/aromatic N) is 3. The highest BCUT2D eigenvalue weighted by atomic mass is 35.5. The lowest BCUT2D eigenvalue weighted by molar-refractivity contribution is 0.102. The van der Waals surface area contributed by atoms with Crippen molar-refractivity contribution in [2.24, 2.45) is 0 Å². The fourth-order valence-corrected chi connectivity index (χ4v) is 4.21. The molecule has 6 nitrogen and oxygen atoms in total. The molecule has 1 aliphatic heterocycles. The number of pyridine rings is 2. The van der Waals surface area contributed by atoms with Gasteiger partial charge in [-0.15, -0.1) is 0 Å². The number of piperazine rings is 1. The highest BCUT2D eigenvalue weighted by Gasteiger charge is 2.23. The van der Waals surface area contributed by atoms with Crippen LogP contribution >= 0.6 is 11.6 Å². The largest absolute Gasteiger partial charge is 0.354 e. The normalized spacial score (nSPS) is 18.6. The zero-order valence-electron chi connectivity index (χ0n) is 17.9. The van der Waals surface area contributed by atoms with E-state index in [9.17, 15) is 4.79 Å². The molecule has 0 bridgehead atoms. The second-order valence-corrected chi connectivity index (χ2v) is 8.45. The molecular weight excluding hydrogens is 410 g/mol. The van der Waals surface area contributed by atoms with E-state index in [1.807, 2.05) is 43.3 Å². The molecule has 160 valence electrons. The van der Waals surface area contributed by atoms with Gasteiger partial charge in [-0.2, -0.15) is 0 Å². The van der Waals surface area contributed by atoms with Gasteiger partial charge in [0.25, 0.3) is 5.91 Å². The number of hydrogen-bond acceptors (Lipinski definition) is 5. The molecule has 2 aromatic heterocycles. The maximum atomic E-state index is 12.9. The van der Waals surface area contributed by atoms with Crippen molar-refractivity contribution in [3.05, 3.63) is 71.0 Å². The molecule has 3 aromatic rings. The van der Waals surface area contributed by atoms with Gasteiger partial charge in [-0.1, -0.05) is 17.7 Å². The molecule has 3 heterocycles. The number of nitrogens with one attached hydrogen (secondary N) is 2. The van der Waals surface area contributed by atoms with Crippen LogP contribution in [0.4, 0.5) is 11.5 Å². The molecule has 1 fully saturated rings. The summed E-state index contributed by atoms with van der Waals surface area (Å²) in [5, 5.41) is 7.07. The fraction of sp³-hybridized carbons (Fsp3) is 0.292. The van der Waals surface area contributed by atoms with Gasteiger partial charge in [0.15, 0.2) is 0 Å². The Bertz CT molecular complexity index is 1080. The summed E-state index contributed by atoms with van der Waals surface area (Å²) >= 11 is 6.35. The van der Waals surface area contributed by atoms with Crippen LogP contribution < -0.4 is 15.5 Å². The van der Waals surface area contributed by atoms with Gasteiger partial charge in [-0.25, -0.2) is 4.98 Å². The van der Waals surface area contributed by atoms with E-state index in [0.717, 1.165) is 30.2 Å². The highest BCUT2D eigenvalue weighted by Crippen LogP contribution is 2.29. The van der Waals surface area contributed by atoms with E-state index in [1.54, 1.807) is 18.3 Å². The summed E-state index contributed by atoms with van der Waals surface area (Å²) in [4.78, 5) is 24.3. The molecule has 31 heavy (non-hydrogen) atoms. The second kappa shape index (κ2) is 9.04. The summed E-state index contributed by atoms with van der Waals surface area (Å²) in [6, 6.07) is 15.6. The lowest BCUT2D eigenvalue weighted by atomic mass is 10.1. The third-order valence-corrected chi connectivity index (χ3v) is 5.69. The smallest absolute Gasteiger partial charge is 0.257 e. The van der Waals surface area contributed by atoms with Crippen LogP contribution in [0.25, 0.3) is 11.3 Å². The van der Waals surface area contributed by atoms with Crippen LogP contribution in [-0.2, 0) is 0 Å². The molecule has 4 rings (SSSR count). The predicted molar refractivity (Wildman–Crippen MR) is 126 cm³/mol. The van der Waals surface area contributed by atoms with Crippen molar-refractivity contribution in [2.45, 2.75) is 32.9 Å². The fourth-order valence-electron chi connectivity index (χ4n) is 4.00. The standard InChI is InChI=1S/C24H26ClN5O/c1-15-13-30(14-16(2)27-15)23-10-8-19(17(3)28-23)24(31)29-18-7-9-21(25)20(12-18)22-6-4-5-11-26-22/h4-12,15-16,27H,13-14H2,1-3H3,(H,29,31)/t15-,16?/m1/s1. The molecule has 2 atom stereocenters. The van der Waals surface area contributed by atoms with Crippen LogP contribution in [-0.4, -0.2) is 41.0 Å². The number of benzene rings is 1. The summed E-state index contributed by atoms with van der Waals surface area (Å²) in [6.45, 7) is 7.99. The van der Waals surface area contributed by atoms with Crippen LogP contribution in [0, 0.1) is 6.92 Å². The van der Waals surface area contributed by atoms with Gasteiger partial charge in [-0.05, 0) is 63.2 Å². The third-order valence-electron chi connectivity index (χ3n) is 5.36. The number of halogens is 1. The first-order chi connectivity index (χ1) is 14.9. The lowest BCUT2D eigenvalue weighted by Gasteiger charge is -2.37. The van der Waals surface area contributed by atoms with Gasteiger partial charge in [0.2, 0.25) is 0 Å². The maximum Gasteiger partial charge on any atom is 0.257 e. The van der Waals surface area contributed by atoms with Gasteiger partial charge in [0.1, 0.15) is 5.82 Å². The Morgan fingerprint density at radius 1 is 1.13 bits per heavy atom. The number of carbonyl (C=O) groups is 1. The Morgan fingerprint density at radius 3 is 2.58 bits per heavy atom. The number of hydrogen-bond donors (Lipinski definition) is 2. The van der Waals surface area contributed by atoms with E-state index in [-0.39, 0.29) is 5.91 Å².